The molecule has 0 aromatic carbocycles. The number of aliphatic carboxylic acids is 1. The lowest BCUT2D eigenvalue weighted by Crippen LogP contribution is -2.24. The quantitative estimate of drug-likeness (QED) is 0.589. The second kappa shape index (κ2) is 8.55. The van der Waals surface area contributed by atoms with Crippen molar-refractivity contribution in [2.75, 3.05) is 6.61 Å². The summed E-state index contributed by atoms with van der Waals surface area (Å²) in [4.78, 5) is 11.2. The fourth-order valence-electron chi connectivity index (χ4n) is 4.63. The zero-order chi connectivity index (χ0) is 18.7. The number of rotatable bonds is 11. The zero-order valence-electron chi connectivity index (χ0n) is 16.1. The Morgan fingerprint density at radius 3 is 2.46 bits per heavy atom. The van der Waals surface area contributed by atoms with E-state index in [0.717, 1.165) is 36.1 Å². The third kappa shape index (κ3) is 4.30. The molecule has 0 saturated heterocycles. The number of carboxylic acid groups (broad SMARTS) is 1. The number of hydrogen-bond acceptors (Lipinski definition) is 4. The minimum absolute atomic E-state index is 0.00816. The molecule has 146 valence electrons. The topological polar surface area (TPSA) is 83.6 Å². The zero-order valence-corrected chi connectivity index (χ0v) is 16.1. The van der Waals surface area contributed by atoms with Gasteiger partial charge in [0.2, 0.25) is 0 Å². The summed E-state index contributed by atoms with van der Waals surface area (Å²) in [6, 6.07) is 0. The molecule has 1 aromatic rings. The summed E-state index contributed by atoms with van der Waals surface area (Å²) < 4.78 is 5.79. The van der Waals surface area contributed by atoms with E-state index >= 15 is 0 Å². The molecule has 2 aliphatic carbocycles. The predicted molar refractivity (Wildman–Crippen MR) is 99.3 cm³/mol. The summed E-state index contributed by atoms with van der Waals surface area (Å²) in [5, 5.41) is 22.9. The van der Waals surface area contributed by atoms with Crippen LogP contribution in [0.1, 0.15) is 106 Å². The van der Waals surface area contributed by atoms with Gasteiger partial charge < -0.3 is 14.7 Å². The van der Waals surface area contributed by atoms with Gasteiger partial charge in [0.1, 0.15) is 5.76 Å². The Morgan fingerprint density at radius 2 is 1.92 bits per heavy atom. The highest BCUT2D eigenvalue weighted by Gasteiger charge is 2.41. The van der Waals surface area contributed by atoms with Gasteiger partial charge in [-0.3, -0.25) is 4.79 Å². The van der Waals surface area contributed by atoms with E-state index in [0.29, 0.717) is 18.3 Å². The van der Waals surface area contributed by atoms with Crippen LogP contribution >= 0.6 is 0 Å². The molecule has 1 unspecified atom stereocenters. The van der Waals surface area contributed by atoms with Crippen LogP contribution < -0.4 is 0 Å². The lowest BCUT2D eigenvalue weighted by Gasteiger charge is -2.36. The number of nitrogens with zero attached hydrogens (tertiary/aromatic N) is 1. The van der Waals surface area contributed by atoms with Gasteiger partial charge in [0.25, 0.3) is 0 Å². The summed E-state index contributed by atoms with van der Waals surface area (Å²) >= 11 is 0. The highest BCUT2D eigenvalue weighted by molar-refractivity contribution is 5.68. The Kier molecular flexibility index (Phi) is 6.38. The number of aliphatic hydroxyl groups is 1. The van der Waals surface area contributed by atoms with E-state index < -0.39 is 5.97 Å². The van der Waals surface area contributed by atoms with Gasteiger partial charge in [0.15, 0.2) is 0 Å². The maximum atomic E-state index is 11.2. The molecule has 0 spiro atoms. The van der Waals surface area contributed by atoms with Crippen molar-refractivity contribution in [2.45, 2.75) is 89.4 Å². The molecule has 1 heterocycles. The van der Waals surface area contributed by atoms with Gasteiger partial charge in [0.05, 0.1) is 12.1 Å². The summed E-state index contributed by atoms with van der Waals surface area (Å²) in [5.41, 5.74) is 2.00. The summed E-state index contributed by atoms with van der Waals surface area (Å²) in [6.45, 7) is 4.54. The fraction of sp³-hybridized carbons (Fsp3) is 0.810. The number of aliphatic hydroxyl groups excluding tert-OH is 1. The van der Waals surface area contributed by atoms with Gasteiger partial charge in [-0.2, -0.15) is 0 Å². The SMILES string of the molecule is CCC(CC)CC1CC(c2onc(C(CCO)CC(=O)O)c2C2CC2)C1. The fourth-order valence-corrected chi connectivity index (χ4v) is 4.63. The standard InChI is InChI=1S/C21H33NO4/c1-3-13(4-2)9-14-10-17(11-14)21-19(15-5-6-15)20(22-26-21)16(7-8-23)12-18(24)25/h13-17,23H,3-12H2,1-2H3,(H,24,25). The highest BCUT2D eigenvalue weighted by atomic mass is 16.5. The second-order valence-corrected chi connectivity index (χ2v) is 8.38. The molecule has 1 atom stereocenters. The molecule has 0 radical (unpaired) electrons. The lowest BCUT2D eigenvalue weighted by atomic mass is 9.68. The van der Waals surface area contributed by atoms with Gasteiger partial charge in [-0.1, -0.05) is 31.8 Å². The minimum atomic E-state index is -0.844. The van der Waals surface area contributed by atoms with Gasteiger partial charge in [0, 0.05) is 24.0 Å². The van der Waals surface area contributed by atoms with Gasteiger partial charge in [-0.05, 0) is 56.3 Å². The van der Waals surface area contributed by atoms with E-state index in [2.05, 4.69) is 19.0 Å². The minimum Gasteiger partial charge on any atom is -0.481 e. The Hall–Kier alpha value is -1.36. The number of hydrogen-bond donors (Lipinski definition) is 2. The van der Waals surface area contributed by atoms with Crippen molar-refractivity contribution in [2.24, 2.45) is 11.8 Å². The first-order chi connectivity index (χ1) is 12.6. The van der Waals surface area contributed by atoms with Crippen LogP contribution in [0.2, 0.25) is 0 Å². The third-order valence-corrected chi connectivity index (χ3v) is 6.48. The number of aromatic nitrogens is 1. The maximum absolute atomic E-state index is 11.2. The van der Waals surface area contributed by atoms with Crippen molar-refractivity contribution >= 4 is 5.97 Å². The van der Waals surface area contributed by atoms with Crippen LogP contribution in [0, 0.1) is 11.8 Å². The van der Waals surface area contributed by atoms with Crippen LogP contribution in [0.5, 0.6) is 0 Å². The third-order valence-electron chi connectivity index (χ3n) is 6.48. The highest BCUT2D eigenvalue weighted by Crippen LogP contribution is 2.53. The maximum Gasteiger partial charge on any atom is 0.304 e. The summed E-state index contributed by atoms with van der Waals surface area (Å²) in [5.74, 6) is 2.49. The van der Waals surface area contributed by atoms with Gasteiger partial charge in [-0.25, -0.2) is 0 Å². The van der Waals surface area contributed by atoms with E-state index in [4.69, 9.17) is 4.52 Å². The molecule has 2 saturated carbocycles. The first-order valence-corrected chi connectivity index (χ1v) is 10.4. The molecular formula is C21H33NO4. The van der Waals surface area contributed by atoms with Crippen molar-refractivity contribution in [3.05, 3.63) is 17.0 Å². The first kappa shape index (κ1) is 19.4. The molecule has 0 aliphatic heterocycles. The molecule has 2 N–H and O–H groups in total. The molecule has 2 aliphatic rings. The first-order valence-electron chi connectivity index (χ1n) is 10.4. The Labute approximate surface area is 156 Å². The van der Waals surface area contributed by atoms with Gasteiger partial charge in [-0.15, -0.1) is 0 Å². The second-order valence-electron chi connectivity index (χ2n) is 8.38. The number of carboxylic acids is 1. The van der Waals surface area contributed by atoms with Crippen molar-refractivity contribution in [1.29, 1.82) is 0 Å². The van der Waals surface area contributed by atoms with Crippen LogP contribution in [0.25, 0.3) is 0 Å². The van der Waals surface area contributed by atoms with E-state index in [9.17, 15) is 15.0 Å². The van der Waals surface area contributed by atoms with E-state index in [-0.39, 0.29) is 18.9 Å². The van der Waals surface area contributed by atoms with Crippen molar-refractivity contribution in [3.63, 3.8) is 0 Å². The van der Waals surface area contributed by atoms with E-state index in [1.54, 1.807) is 0 Å². The molecule has 5 heteroatoms. The number of carbonyl (C=O) groups is 1. The molecular weight excluding hydrogens is 330 g/mol. The molecule has 1 aromatic heterocycles. The molecule has 5 nitrogen and oxygen atoms in total. The van der Waals surface area contributed by atoms with Crippen molar-refractivity contribution in [3.8, 4) is 0 Å². The largest absolute Gasteiger partial charge is 0.481 e. The summed E-state index contributed by atoms with van der Waals surface area (Å²) in [7, 11) is 0. The van der Waals surface area contributed by atoms with Crippen molar-refractivity contribution < 1.29 is 19.5 Å². The van der Waals surface area contributed by atoms with E-state index in [1.807, 2.05) is 0 Å². The van der Waals surface area contributed by atoms with Crippen LogP contribution in [0.15, 0.2) is 4.52 Å². The Morgan fingerprint density at radius 1 is 1.23 bits per heavy atom. The molecule has 26 heavy (non-hydrogen) atoms. The molecule has 0 bridgehead atoms. The monoisotopic (exact) mass is 363 g/mol. The smallest absolute Gasteiger partial charge is 0.304 e. The van der Waals surface area contributed by atoms with Crippen molar-refractivity contribution in [1.82, 2.24) is 5.16 Å². The molecule has 0 amide bonds. The van der Waals surface area contributed by atoms with E-state index in [1.165, 1.54) is 37.7 Å². The van der Waals surface area contributed by atoms with Crippen LogP contribution in [-0.2, 0) is 4.79 Å². The molecule has 2 fully saturated rings. The Balaban J connectivity index is 1.71. The predicted octanol–water partition coefficient (Wildman–Crippen LogP) is 4.81. The summed E-state index contributed by atoms with van der Waals surface area (Å²) in [6.07, 6.45) is 8.91. The average Bonchev–Trinajstić information content (AvgIpc) is 3.32. The molecule has 3 rings (SSSR count). The average molecular weight is 363 g/mol. The lowest BCUT2D eigenvalue weighted by molar-refractivity contribution is -0.137. The van der Waals surface area contributed by atoms with Crippen LogP contribution in [0.4, 0.5) is 0 Å². The van der Waals surface area contributed by atoms with Gasteiger partial charge >= 0.3 is 5.97 Å². The Bertz CT molecular complexity index is 597. The normalized spacial score (nSPS) is 23.8. The van der Waals surface area contributed by atoms with Crippen LogP contribution in [0.3, 0.4) is 0 Å². The van der Waals surface area contributed by atoms with Crippen LogP contribution in [-0.4, -0.2) is 27.9 Å².